The molecule has 3 atom stereocenters. The van der Waals surface area contributed by atoms with Crippen molar-refractivity contribution in [2.75, 3.05) is 11.9 Å². The fourth-order valence-corrected chi connectivity index (χ4v) is 4.02. The third kappa shape index (κ3) is 1.86. The lowest BCUT2D eigenvalue weighted by atomic mass is 9.48. The average molecular weight is 288 g/mol. The Morgan fingerprint density at radius 2 is 2.14 bits per heavy atom. The molecule has 2 aliphatic rings. The predicted molar refractivity (Wildman–Crippen MR) is 83.0 cm³/mol. The molecule has 0 bridgehead atoms. The molecule has 1 aromatic rings. The number of nitrogens with one attached hydrogen (secondary N) is 1. The first kappa shape index (κ1) is 14.5. The fraction of sp³-hybridized carbons (Fsp3) is 0.588. The molecule has 1 aromatic carbocycles. The minimum Gasteiger partial charge on any atom is -0.377 e. The van der Waals surface area contributed by atoms with Gasteiger partial charge in [0.1, 0.15) is 5.54 Å². The van der Waals surface area contributed by atoms with Crippen LogP contribution >= 0.6 is 0 Å². The highest BCUT2D eigenvalue weighted by atomic mass is 16.5. The number of amides is 1. The van der Waals surface area contributed by atoms with Gasteiger partial charge >= 0.3 is 0 Å². The van der Waals surface area contributed by atoms with Crippen molar-refractivity contribution in [1.82, 2.24) is 0 Å². The number of nitrogens with two attached hydrogens (primary N) is 1. The number of aryl methyl sites for hydroxylation is 1. The molecule has 114 valence electrons. The summed E-state index contributed by atoms with van der Waals surface area (Å²) >= 11 is 0. The second-order valence-electron chi connectivity index (χ2n) is 6.74. The molecule has 3 rings (SSSR count). The van der Waals surface area contributed by atoms with Crippen molar-refractivity contribution < 1.29 is 9.53 Å². The lowest BCUT2D eigenvalue weighted by Gasteiger charge is -2.60. The zero-order chi connectivity index (χ0) is 15.3. The van der Waals surface area contributed by atoms with Crippen LogP contribution < -0.4 is 11.1 Å². The number of anilines is 1. The summed E-state index contributed by atoms with van der Waals surface area (Å²) in [5.74, 6) is 0.0430. The summed E-state index contributed by atoms with van der Waals surface area (Å²) in [5.41, 5.74) is 7.37. The molecule has 1 saturated heterocycles. The van der Waals surface area contributed by atoms with Gasteiger partial charge < -0.3 is 15.8 Å². The molecule has 1 heterocycles. The smallest absolute Gasteiger partial charge is 0.245 e. The maximum atomic E-state index is 12.9. The standard InChI is InChI=1S/C17H24N2O2/c1-4-11-7-5-6-8-13(11)19-15(20)17(18)12-9-10-21-14(12)16(17,2)3/h5-8,12,14H,4,9-10,18H2,1-3H3,(H,19,20). The Hall–Kier alpha value is -1.39. The van der Waals surface area contributed by atoms with Gasteiger partial charge in [-0.3, -0.25) is 4.79 Å². The Labute approximate surface area is 126 Å². The summed E-state index contributed by atoms with van der Waals surface area (Å²) in [4.78, 5) is 12.9. The van der Waals surface area contributed by atoms with Crippen LogP contribution in [0.4, 0.5) is 5.69 Å². The summed E-state index contributed by atoms with van der Waals surface area (Å²) in [7, 11) is 0. The molecule has 0 spiro atoms. The number of ether oxygens (including phenoxy) is 1. The van der Waals surface area contributed by atoms with Crippen molar-refractivity contribution in [3.05, 3.63) is 29.8 Å². The van der Waals surface area contributed by atoms with E-state index < -0.39 is 5.54 Å². The number of fused-ring (bicyclic) bond motifs is 1. The summed E-state index contributed by atoms with van der Waals surface area (Å²) in [5, 5.41) is 3.05. The zero-order valence-electron chi connectivity index (χ0n) is 13.0. The van der Waals surface area contributed by atoms with Crippen LogP contribution in [0.25, 0.3) is 0 Å². The molecule has 1 aliphatic carbocycles. The van der Waals surface area contributed by atoms with E-state index in [2.05, 4.69) is 12.2 Å². The average Bonchev–Trinajstić information content (AvgIpc) is 2.95. The summed E-state index contributed by atoms with van der Waals surface area (Å²) in [6.07, 6.45) is 1.86. The van der Waals surface area contributed by atoms with Crippen molar-refractivity contribution in [2.24, 2.45) is 17.1 Å². The Bertz CT molecular complexity index is 570. The molecule has 3 N–H and O–H groups in total. The number of benzene rings is 1. The van der Waals surface area contributed by atoms with Gasteiger partial charge in [-0.2, -0.15) is 0 Å². The van der Waals surface area contributed by atoms with Gasteiger partial charge in [-0.1, -0.05) is 39.0 Å². The van der Waals surface area contributed by atoms with E-state index >= 15 is 0 Å². The summed E-state index contributed by atoms with van der Waals surface area (Å²) in [6, 6.07) is 7.90. The monoisotopic (exact) mass is 288 g/mol. The molecule has 4 heteroatoms. The second-order valence-corrected chi connectivity index (χ2v) is 6.74. The summed E-state index contributed by atoms with van der Waals surface area (Å²) in [6.45, 7) is 6.85. The van der Waals surface area contributed by atoms with Gasteiger partial charge in [0.15, 0.2) is 0 Å². The molecule has 1 saturated carbocycles. The third-order valence-electron chi connectivity index (χ3n) is 5.48. The number of para-hydroxylation sites is 1. The topological polar surface area (TPSA) is 64.4 Å². The van der Waals surface area contributed by atoms with Crippen LogP contribution in [0, 0.1) is 11.3 Å². The second kappa shape index (κ2) is 4.82. The van der Waals surface area contributed by atoms with Crippen LogP contribution in [-0.4, -0.2) is 24.2 Å². The van der Waals surface area contributed by atoms with Crippen molar-refractivity contribution in [2.45, 2.75) is 45.3 Å². The van der Waals surface area contributed by atoms with Crippen molar-refractivity contribution in [3.63, 3.8) is 0 Å². The SMILES string of the molecule is CCc1ccccc1NC(=O)C1(N)C2CCOC2C1(C)C. The van der Waals surface area contributed by atoms with E-state index in [4.69, 9.17) is 10.5 Å². The third-order valence-corrected chi connectivity index (χ3v) is 5.48. The van der Waals surface area contributed by atoms with Crippen LogP contribution in [0.15, 0.2) is 24.3 Å². The molecule has 1 aliphatic heterocycles. The fourth-order valence-electron chi connectivity index (χ4n) is 4.02. The number of carbonyl (C=O) groups is 1. The Kier molecular flexibility index (Phi) is 3.34. The van der Waals surface area contributed by atoms with E-state index in [1.54, 1.807) is 0 Å². The van der Waals surface area contributed by atoms with Crippen molar-refractivity contribution >= 4 is 11.6 Å². The van der Waals surface area contributed by atoms with E-state index in [1.165, 1.54) is 0 Å². The lowest BCUT2D eigenvalue weighted by Crippen LogP contribution is -2.79. The number of hydrogen-bond acceptors (Lipinski definition) is 3. The maximum absolute atomic E-state index is 12.9. The molecular weight excluding hydrogens is 264 g/mol. The molecule has 3 unspecified atom stereocenters. The predicted octanol–water partition coefficient (Wildman–Crippen LogP) is 2.33. The first-order chi connectivity index (χ1) is 9.92. The quantitative estimate of drug-likeness (QED) is 0.897. The first-order valence-corrected chi connectivity index (χ1v) is 7.72. The number of carbonyl (C=O) groups excluding carboxylic acids is 1. The highest BCUT2D eigenvalue weighted by Gasteiger charge is 2.71. The van der Waals surface area contributed by atoms with Gasteiger partial charge in [0.2, 0.25) is 5.91 Å². The number of hydrogen-bond donors (Lipinski definition) is 2. The van der Waals surface area contributed by atoms with E-state index in [0.717, 1.165) is 24.1 Å². The number of rotatable bonds is 3. The minimum absolute atomic E-state index is 0.0832. The van der Waals surface area contributed by atoms with Crippen molar-refractivity contribution in [1.29, 1.82) is 0 Å². The van der Waals surface area contributed by atoms with Crippen LogP contribution in [0.5, 0.6) is 0 Å². The van der Waals surface area contributed by atoms with E-state index in [9.17, 15) is 4.79 Å². The summed E-state index contributed by atoms with van der Waals surface area (Å²) < 4.78 is 5.75. The van der Waals surface area contributed by atoms with Gasteiger partial charge in [0.05, 0.1) is 6.10 Å². The molecule has 2 fully saturated rings. The molecule has 0 aromatic heterocycles. The van der Waals surface area contributed by atoms with Crippen LogP contribution in [0.1, 0.15) is 32.8 Å². The maximum Gasteiger partial charge on any atom is 0.245 e. The molecular formula is C17H24N2O2. The van der Waals surface area contributed by atoms with Gasteiger partial charge in [-0.15, -0.1) is 0 Å². The Morgan fingerprint density at radius 3 is 2.86 bits per heavy atom. The molecule has 4 nitrogen and oxygen atoms in total. The zero-order valence-corrected chi connectivity index (χ0v) is 13.0. The largest absolute Gasteiger partial charge is 0.377 e. The molecule has 21 heavy (non-hydrogen) atoms. The van der Waals surface area contributed by atoms with Crippen LogP contribution in [0.3, 0.4) is 0 Å². The van der Waals surface area contributed by atoms with Crippen molar-refractivity contribution in [3.8, 4) is 0 Å². The molecule has 1 amide bonds. The Balaban J connectivity index is 1.85. The van der Waals surface area contributed by atoms with E-state index in [1.807, 2.05) is 38.1 Å². The first-order valence-electron chi connectivity index (χ1n) is 7.72. The van der Waals surface area contributed by atoms with Gasteiger partial charge in [0.25, 0.3) is 0 Å². The molecule has 0 radical (unpaired) electrons. The lowest BCUT2D eigenvalue weighted by molar-refractivity contribution is -0.170. The van der Waals surface area contributed by atoms with Crippen LogP contribution in [-0.2, 0) is 16.0 Å². The van der Waals surface area contributed by atoms with Gasteiger partial charge in [-0.25, -0.2) is 0 Å². The van der Waals surface area contributed by atoms with E-state index in [-0.39, 0.29) is 23.3 Å². The van der Waals surface area contributed by atoms with Gasteiger partial charge in [-0.05, 0) is 24.5 Å². The minimum atomic E-state index is -0.852. The highest BCUT2D eigenvalue weighted by Crippen LogP contribution is 2.58. The Morgan fingerprint density at radius 1 is 1.43 bits per heavy atom. The van der Waals surface area contributed by atoms with Gasteiger partial charge in [0, 0.05) is 23.6 Å². The van der Waals surface area contributed by atoms with Crippen LogP contribution in [0.2, 0.25) is 0 Å². The highest BCUT2D eigenvalue weighted by molar-refractivity contribution is 6.00. The van der Waals surface area contributed by atoms with E-state index in [0.29, 0.717) is 6.61 Å². The normalized spacial score (nSPS) is 33.1.